The molecule has 0 heterocycles. The molecule has 156 valence electrons. The largest absolute Gasteiger partial charge is 0.469 e. The number of rotatable bonds is 12. The molecule has 5 atom stereocenters. The monoisotopic (exact) mass is 386 g/mol. The Hall–Kier alpha value is -1.24. The Balaban J connectivity index is 2.58. The van der Waals surface area contributed by atoms with Crippen LogP contribution in [0.5, 0.6) is 0 Å². The van der Waals surface area contributed by atoms with Crippen LogP contribution in [0.25, 0.3) is 0 Å². The van der Waals surface area contributed by atoms with E-state index in [1.807, 2.05) is 6.08 Å². The van der Waals surface area contributed by atoms with Crippen molar-refractivity contribution in [1.82, 2.24) is 0 Å². The number of aliphatic hydroxyl groups is 3. The number of esters is 1. The smallest absolute Gasteiger partial charge is 0.305 e. The Morgan fingerprint density at radius 2 is 2.04 bits per heavy atom. The van der Waals surface area contributed by atoms with Gasteiger partial charge in [0, 0.05) is 18.8 Å². The molecule has 6 heteroatoms. The minimum absolute atomic E-state index is 0.0202. The number of ether oxygens (including phenoxy) is 1. The average molecular weight is 387 g/mol. The summed E-state index contributed by atoms with van der Waals surface area (Å²) in [6.07, 6.45) is 8.67. The zero-order chi connectivity index (χ0) is 20.3. The van der Waals surface area contributed by atoms with E-state index in [-0.39, 0.29) is 18.8 Å². The molecule has 0 aromatic heterocycles. The molecule has 0 saturated heterocycles. The molecule has 0 aliphatic heterocycles. The number of hydrogen-bond acceptors (Lipinski definition) is 5. The van der Waals surface area contributed by atoms with Gasteiger partial charge in [-0.3, -0.25) is 4.79 Å². The summed E-state index contributed by atoms with van der Waals surface area (Å²) < 4.78 is 20.0. The quantitative estimate of drug-likeness (QED) is 0.272. The van der Waals surface area contributed by atoms with Gasteiger partial charge in [-0.05, 0) is 31.8 Å². The van der Waals surface area contributed by atoms with Gasteiger partial charge in [-0.25, -0.2) is 4.39 Å². The van der Waals surface area contributed by atoms with Crippen LogP contribution in [0.15, 0.2) is 24.3 Å². The first-order chi connectivity index (χ1) is 12.8. The molecule has 0 aromatic carbocycles. The summed E-state index contributed by atoms with van der Waals surface area (Å²) in [4.78, 5) is 11.0. The molecular formula is C21H35FO5. The number of alkyl halides is 1. The highest BCUT2D eigenvalue weighted by molar-refractivity contribution is 5.69. The van der Waals surface area contributed by atoms with Crippen LogP contribution in [0, 0.1) is 5.92 Å². The minimum Gasteiger partial charge on any atom is -0.469 e. The molecule has 1 saturated carbocycles. The van der Waals surface area contributed by atoms with Crippen LogP contribution in [0.4, 0.5) is 4.39 Å². The lowest BCUT2D eigenvalue weighted by Crippen LogP contribution is -2.38. The van der Waals surface area contributed by atoms with E-state index >= 15 is 4.39 Å². The summed E-state index contributed by atoms with van der Waals surface area (Å²) in [5.41, 5.74) is -2.05. The Kier molecular flexibility index (Phi) is 10.8. The van der Waals surface area contributed by atoms with Crippen molar-refractivity contribution in [2.75, 3.05) is 7.11 Å². The highest BCUT2D eigenvalue weighted by Crippen LogP contribution is 2.43. The molecule has 0 radical (unpaired) electrons. The maximum Gasteiger partial charge on any atom is 0.305 e. The summed E-state index contributed by atoms with van der Waals surface area (Å²) in [6.45, 7) is 2.07. The third-order valence-corrected chi connectivity index (χ3v) is 5.22. The first-order valence-corrected chi connectivity index (χ1v) is 9.99. The number of carbonyl (C=O) groups excluding carboxylic acids is 1. The van der Waals surface area contributed by atoms with E-state index in [1.165, 1.54) is 19.3 Å². The van der Waals surface area contributed by atoms with E-state index in [2.05, 4.69) is 11.7 Å². The summed E-state index contributed by atoms with van der Waals surface area (Å²) in [6, 6.07) is 0. The Morgan fingerprint density at radius 1 is 1.30 bits per heavy atom. The van der Waals surface area contributed by atoms with Crippen molar-refractivity contribution in [2.24, 2.45) is 5.92 Å². The molecule has 0 spiro atoms. The molecule has 1 aliphatic carbocycles. The molecule has 0 bridgehead atoms. The number of unbranched alkanes of at least 4 members (excludes halogenated alkanes) is 3. The molecule has 1 rings (SSSR count). The van der Waals surface area contributed by atoms with Gasteiger partial charge in [-0.2, -0.15) is 0 Å². The SMILES string of the molecule is CCCCC[C@H](O)/C=C/[C@@]1(F)[C@H](C/C=C\CCCC(=O)OC)[C@H](O)C[C@@H]1O. The van der Waals surface area contributed by atoms with E-state index in [1.54, 1.807) is 6.08 Å². The zero-order valence-corrected chi connectivity index (χ0v) is 16.5. The fourth-order valence-electron chi connectivity index (χ4n) is 3.47. The lowest BCUT2D eigenvalue weighted by molar-refractivity contribution is -0.140. The predicted molar refractivity (Wildman–Crippen MR) is 103 cm³/mol. The van der Waals surface area contributed by atoms with Crippen molar-refractivity contribution in [3.05, 3.63) is 24.3 Å². The van der Waals surface area contributed by atoms with Gasteiger partial charge in [-0.1, -0.05) is 44.4 Å². The first-order valence-electron chi connectivity index (χ1n) is 9.99. The van der Waals surface area contributed by atoms with Crippen molar-refractivity contribution in [3.8, 4) is 0 Å². The van der Waals surface area contributed by atoms with Crippen LogP contribution in [0.3, 0.4) is 0 Å². The summed E-state index contributed by atoms with van der Waals surface area (Å²) >= 11 is 0. The molecule has 0 unspecified atom stereocenters. The van der Waals surface area contributed by atoms with Gasteiger partial charge < -0.3 is 20.1 Å². The van der Waals surface area contributed by atoms with Crippen molar-refractivity contribution in [3.63, 3.8) is 0 Å². The van der Waals surface area contributed by atoms with Crippen LogP contribution in [0.1, 0.15) is 64.7 Å². The van der Waals surface area contributed by atoms with Crippen LogP contribution >= 0.6 is 0 Å². The van der Waals surface area contributed by atoms with Crippen molar-refractivity contribution in [1.29, 1.82) is 0 Å². The Labute approximate surface area is 161 Å². The van der Waals surface area contributed by atoms with Crippen molar-refractivity contribution >= 4 is 5.97 Å². The zero-order valence-electron chi connectivity index (χ0n) is 16.5. The highest BCUT2D eigenvalue weighted by atomic mass is 19.1. The molecule has 3 N–H and O–H groups in total. The second-order valence-corrected chi connectivity index (χ2v) is 7.35. The van der Waals surface area contributed by atoms with Gasteiger partial charge in [0.05, 0.1) is 25.4 Å². The van der Waals surface area contributed by atoms with Gasteiger partial charge >= 0.3 is 5.97 Å². The van der Waals surface area contributed by atoms with Gasteiger partial charge in [0.2, 0.25) is 0 Å². The minimum atomic E-state index is -2.05. The second-order valence-electron chi connectivity index (χ2n) is 7.35. The molecule has 5 nitrogen and oxygen atoms in total. The molecule has 27 heavy (non-hydrogen) atoms. The van der Waals surface area contributed by atoms with E-state index < -0.39 is 29.9 Å². The standard InChI is InChI=1S/C21H35FO5/c1-3-4-7-10-16(23)13-14-21(22)17(18(24)15-19(21)25)11-8-5-6-9-12-20(26)27-2/h5,8,13-14,16-19,23-25H,3-4,6-7,9-12,15H2,1-2H3/b8-5-,14-13+/t16-,17+,18+,19-,21+/m0/s1. The molecule has 0 amide bonds. The lowest BCUT2D eigenvalue weighted by atomic mass is 9.86. The Bertz CT molecular complexity index is 493. The summed E-state index contributed by atoms with van der Waals surface area (Å²) in [5, 5.41) is 30.2. The van der Waals surface area contributed by atoms with Crippen LogP contribution in [0.2, 0.25) is 0 Å². The van der Waals surface area contributed by atoms with Gasteiger partial charge in [-0.15, -0.1) is 0 Å². The number of carbonyl (C=O) groups is 1. The number of hydrogen-bond donors (Lipinski definition) is 3. The van der Waals surface area contributed by atoms with E-state index in [0.29, 0.717) is 25.7 Å². The molecule has 0 aromatic rings. The topological polar surface area (TPSA) is 87.0 Å². The third-order valence-electron chi connectivity index (χ3n) is 5.22. The molecule has 1 aliphatic rings. The number of allylic oxidation sites excluding steroid dienone is 2. The van der Waals surface area contributed by atoms with Crippen molar-refractivity contribution < 1.29 is 29.2 Å². The van der Waals surface area contributed by atoms with Crippen LogP contribution < -0.4 is 0 Å². The van der Waals surface area contributed by atoms with E-state index in [4.69, 9.17) is 0 Å². The van der Waals surface area contributed by atoms with Crippen LogP contribution in [-0.2, 0) is 9.53 Å². The molecule has 1 fully saturated rings. The third kappa shape index (κ3) is 7.72. The maximum atomic E-state index is 15.4. The predicted octanol–water partition coefficient (Wildman–Crippen LogP) is 3.22. The summed E-state index contributed by atoms with van der Waals surface area (Å²) in [5.74, 6) is -1.02. The molecular weight excluding hydrogens is 351 g/mol. The number of halogens is 1. The van der Waals surface area contributed by atoms with Crippen molar-refractivity contribution in [2.45, 2.75) is 88.7 Å². The fraction of sp³-hybridized carbons (Fsp3) is 0.762. The Morgan fingerprint density at radius 3 is 2.70 bits per heavy atom. The second kappa shape index (κ2) is 12.3. The normalized spacial score (nSPS) is 29.6. The number of aliphatic hydroxyl groups excluding tert-OH is 3. The van der Waals surface area contributed by atoms with Gasteiger partial charge in [0.15, 0.2) is 5.67 Å². The lowest BCUT2D eigenvalue weighted by Gasteiger charge is -2.27. The van der Waals surface area contributed by atoms with Gasteiger partial charge in [0.1, 0.15) is 0 Å². The average Bonchev–Trinajstić information content (AvgIpc) is 2.85. The van der Waals surface area contributed by atoms with E-state index in [9.17, 15) is 20.1 Å². The number of methoxy groups -OCH3 is 1. The first kappa shape index (κ1) is 23.8. The maximum absolute atomic E-state index is 15.4. The van der Waals surface area contributed by atoms with Gasteiger partial charge in [0.25, 0.3) is 0 Å². The fourth-order valence-corrected chi connectivity index (χ4v) is 3.47. The van der Waals surface area contributed by atoms with E-state index in [0.717, 1.165) is 19.3 Å². The van der Waals surface area contributed by atoms with Crippen LogP contribution in [-0.4, -0.2) is 52.4 Å². The highest BCUT2D eigenvalue weighted by Gasteiger charge is 2.53. The summed E-state index contributed by atoms with van der Waals surface area (Å²) in [7, 11) is 1.35.